The normalized spacial score (nSPS) is 12.4. The number of nitrogens with one attached hydrogen (secondary N) is 1. The van der Waals surface area contributed by atoms with Crippen LogP contribution in [0.25, 0.3) is 0 Å². The highest BCUT2D eigenvalue weighted by Crippen LogP contribution is 2.38. The van der Waals surface area contributed by atoms with Crippen molar-refractivity contribution in [2.75, 3.05) is 6.61 Å². The molecular weight excluding hydrogens is 354 g/mol. The maximum Gasteiger partial charge on any atom is 0.0953 e. The summed E-state index contributed by atoms with van der Waals surface area (Å²) in [5.74, 6) is 0. The molecule has 0 aliphatic heterocycles. The molecule has 0 fully saturated rings. The summed E-state index contributed by atoms with van der Waals surface area (Å²) in [4.78, 5) is 0. The molecular formula is C27H25NO. The molecule has 0 spiro atoms. The lowest BCUT2D eigenvalue weighted by molar-refractivity contribution is 0.223. The van der Waals surface area contributed by atoms with Gasteiger partial charge in [0.25, 0.3) is 0 Å². The van der Waals surface area contributed by atoms with Crippen LogP contribution in [0, 0.1) is 0 Å². The minimum absolute atomic E-state index is 0.00172. The Morgan fingerprint density at radius 1 is 0.552 bits per heavy atom. The fourth-order valence-corrected chi connectivity index (χ4v) is 4.00. The van der Waals surface area contributed by atoms with Gasteiger partial charge < -0.3 is 5.11 Å². The predicted octanol–water partition coefficient (Wildman–Crippen LogP) is 5.30. The molecule has 0 bridgehead atoms. The highest BCUT2D eigenvalue weighted by atomic mass is 16.3. The first-order valence-corrected chi connectivity index (χ1v) is 9.94. The minimum atomic E-state index is -0.604. The first kappa shape index (κ1) is 19.1. The Balaban J connectivity index is 1.95. The lowest BCUT2D eigenvalue weighted by Crippen LogP contribution is -2.47. The first-order valence-electron chi connectivity index (χ1n) is 9.94. The molecule has 4 rings (SSSR count). The van der Waals surface area contributed by atoms with Gasteiger partial charge in [-0.2, -0.15) is 0 Å². The fraction of sp³-hybridized carbons (Fsp3) is 0.111. The van der Waals surface area contributed by atoms with E-state index in [2.05, 4.69) is 90.2 Å². The summed E-state index contributed by atoms with van der Waals surface area (Å²) >= 11 is 0. The third-order valence-corrected chi connectivity index (χ3v) is 5.40. The maximum absolute atomic E-state index is 10.3. The van der Waals surface area contributed by atoms with Gasteiger partial charge in [-0.05, 0) is 22.3 Å². The van der Waals surface area contributed by atoms with Gasteiger partial charge in [0.15, 0.2) is 0 Å². The van der Waals surface area contributed by atoms with E-state index in [1.165, 1.54) is 0 Å². The number of rotatable bonds is 7. The largest absolute Gasteiger partial charge is 0.394 e. The molecule has 2 nitrogen and oxygen atoms in total. The van der Waals surface area contributed by atoms with Crippen molar-refractivity contribution in [1.29, 1.82) is 0 Å². The molecule has 144 valence electrons. The number of hydrogen-bond acceptors (Lipinski definition) is 2. The van der Waals surface area contributed by atoms with E-state index < -0.39 is 5.54 Å². The van der Waals surface area contributed by atoms with E-state index in [1.54, 1.807) is 0 Å². The SMILES string of the molecule is OC[C@@H](NC(c1ccccc1)(c1ccccc1)c1ccccc1)c1ccccc1. The van der Waals surface area contributed by atoms with Crippen LogP contribution in [0.1, 0.15) is 28.3 Å². The monoisotopic (exact) mass is 379 g/mol. The van der Waals surface area contributed by atoms with Gasteiger partial charge in [-0.25, -0.2) is 0 Å². The molecule has 0 heterocycles. The van der Waals surface area contributed by atoms with Crippen LogP contribution in [0.4, 0.5) is 0 Å². The maximum atomic E-state index is 10.3. The Labute approximate surface area is 172 Å². The molecule has 2 N–H and O–H groups in total. The third-order valence-electron chi connectivity index (χ3n) is 5.40. The average molecular weight is 380 g/mol. The van der Waals surface area contributed by atoms with Gasteiger partial charge in [0.05, 0.1) is 18.2 Å². The molecule has 0 aliphatic rings. The second-order valence-electron chi connectivity index (χ2n) is 7.14. The zero-order valence-corrected chi connectivity index (χ0v) is 16.3. The van der Waals surface area contributed by atoms with Crippen molar-refractivity contribution in [2.45, 2.75) is 11.6 Å². The van der Waals surface area contributed by atoms with Crippen LogP contribution in [-0.4, -0.2) is 11.7 Å². The summed E-state index contributed by atoms with van der Waals surface area (Å²) in [6, 6.07) is 41.3. The first-order chi connectivity index (χ1) is 14.3. The Morgan fingerprint density at radius 3 is 1.24 bits per heavy atom. The molecule has 29 heavy (non-hydrogen) atoms. The summed E-state index contributed by atoms with van der Waals surface area (Å²) in [6.07, 6.45) is 0. The summed E-state index contributed by atoms with van der Waals surface area (Å²) in [5, 5.41) is 14.2. The minimum Gasteiger partial charge on any atom is -0.394 e. The van der Waals surface area contributed by atoms with E-state index >= 15 is 0 Å². The molecule has 1 atom stereocenters. The van der Waals surface area contributed by atoms with Gasteiger partial charge >= 0.3 is 0 Å². The molecule has 4 aromatic carbocycles. The third kappa shape index (κ3) is 3.86. The number of hydrogen-bond donors (Lipinski definition) is 2. The van der Waals surface area contributed by atoms with Gasteiger partial charge in [-0.3, -0.25) is 5.32 Å². The topological polar surface area (TPSA) is 32.3 Å². The highest BCUT2D eigenvalue weighted by molar-refractivity contribution is 5.50. The summed E-state index contributed by atoms with van der Waals surface area (Å²) in [6.45, 7) is -0.00172. The molecule has 0 saturated carbocycles. The van der Waals surface area contributed by atoms with Gasteiger partial charge in [-0.15, -0.1) is 0 Å². The zero-order chi connectivity index (χ0) is 19.9. The highest BCUT2D eigenvalue weighted by Gasteiger charge is 2.38. The van der Waals surface area contributed by atoms with Crippen molar-refractivity contribution in [3.8, 4) is 0 Å². The van der Waals surface area contributed by atoms with Crippen LogP contribution in [-0.2, 0) is 5.54 Å². The predicted molar refractivity (Wildman–Crippen MR) is 119 cm³/mol. The van der Waals surface area contributed by atoms with E-state index in [0.29, 0.717) is 0 Å². The summed E-state index contributed by atoms with van der Waals surface area (Å²) in [5.41, 5.74) is 3.85. The van der Waals surface area contributed by atoms with E-state index in [0.717, 1.165) is 22.3 Å². The van der Waals surface area contributed by atoms with Crippen LogP contribution in [0.3, 0.4) is 0 Å². The van der Waals surface area contributed by atoms with Crippen LogP contribution < -0.4 is 5.32 Å². The summed E-state index contributed by atoms with van der Waals surface area (Å²) in [7, 11) is 0. The lowest BCUT2D eigenvalue weighted by atomic mass is 9.76. The van der Waals surface area contributed by atoms with E-state index in [-0.39, 0.29) is 12.6 Å². The van der Waals surface area contributed by atoms with Crippen molar-refractivity contribution in [3.05, 3.63) is 144 Å². The fourth-order valence-electron chi connectivity index (χ4n) is 4.00. The van der Waals surface area contributed by atoms with Crippen LogP contribution in [0.15, 0.2) is 121 Å². The van der Waals surface area contributed by atoms with E-state index in [4.69, 9.17) is 0 Å². The molecule has 0 radical (unpaired) electrons. The Kier molecular flexibility index (Phi) is 5.85. The Morgan fingerprint density at radius 2 is 0.897 bits per heavy atom. The second kappa shape index (κ2) is 8.87. The van der Waals surface area contributed by atoms with Crippen molar-refractivity contribution in [1.82, 2.24) is 5.32 Å². The van der Waals surface area contributed by atoms with E-state index in [1.807, 2.05) is 36.4 Å². The standard InChI is InChI=1S/C27H25NO/c29-21-26(22-13-5-1-6-14-22)28-27(23-15-7-2-8-16-23,24-17-9-3-10-18-24)25-19-11-4-12-20-25/h1-20,26,28-29H,21H2/t26-/m1/s1. The number of benzene rings is 4. The van der Waals surface area contributed by atoms with Gasteiger partial charge in [0, 0.05) is 0 Å². The molecule has 0 aliphatic carbocycles. The van der Waals surface area contributed by atoms with Crippen molar-refractivity contribution in [3.63, 3.8) is 0 Å². The second-order valence-corrected chi connectivity index (χ2v) is 7.14. The molecule has 4 aromatic rings. The van der Waals surface area contributed by atoms with E-state index in [9.17, 15) is 5.11 Å². The number of aliphatic hydroxyl groups excluding tert-OH is 1. The smallest absolute Gasteiger partial charge is 0.0953 e. The van der Waals surface area contributed by atoms with Crippen LogP contribution in [0.2, 0.25) is 0 Å². The van der Waals surface area contributed by atoms with Crippen molar-refractivity contribution in [2.24, 2.45) is 0 Å². The van der Waals surface area contributed by atoms with Crippen molar-refractivity contribution >= 4 is 0 Å². The van der Waals surface area contributed by atoms with Crippen LogP contribution in [0.5, 0.6) is 0 Å². The van der Waals surface area contributed by atoms with Crippen LogP contribution >= 0.6 is 0 Å². The molecule has 2 heteroatoms. The molecule has 0 aromatic heterocycles. The van der Waals surface area contributed by atoms with Gasteiger partial charge in [-0.1, -0.05) is 121 Å². The van der Waals surface area contributed by atoms with Crippen molar-refractivity contribution < 1.29 is 5.11 Å². The number of aliphatic hydroxyl groups is 1. The quantitative estimate of drug-likeness (QED) is 0.427. The molecule has 0 saturated heterocycles. The average Bonchev–Trinajstić information content (AvgIpc) is 2.82. The molecule has 0 amide bonds. The lowest BCUT2D eigenvalue weighted by Gasteiger charge is -2.40. The molecule has 0 unspecified atom stereocenters. The van der Waals surface area contributed by atoms with Gasteiger partial charge in [0.2, 0.25) is 0 Å². The Bertz CT molecular complexity index is 905. The Hall–Kier alpha value is -3.20. The van der Waals surface area contributed by atoms with Gasteiger partial charge in [0.1, 0.15) is 0 Å². The zero-order valence-electron chi connectivity index (χ0n) is 16.3. The summed E-state index contributed by atoms with van der Waals surface area (Å²) < 4.78 is 0.